The lowest BCUT2D eigenvalue weighted by atomic mass is 10.1. The first-order chi connectivity index (χ1) is 16.0. The number of hydrogen-bond acceptors (Lipinski definition) is 3. The summed E-state index contributed by atoms with van der Waals surface area (Å²) >= 11 is 1.58. The molecule has 4 aromatic rings. The predicted octanol–water partition coefficient (Wildman–Crippen LogP) is 6.40. The summed E-state index contributed by atoms with van der Waals surface area (Å²) in [5.74, 6) is 0.319. The van der Waals surface area contributed by atoms with E-state index in [4.69, 9.17) is 0 Å². The third kappa shape index (κ3) is 4.71. The van der Waals surface area contributed by atoms with Gasteiger partial charge in [-0.05, 0) is 73.4 Å². The highest BCUT2D eigenvalue weighted by molar-refractivity contribution is 7.15. The Morgan fingerprint density at radius 2 is 2.00 bits per heavy atom. The van der Waals surface area contributed by atoms with E-state index in [9.17, 15) is 9.18 Å². The number of aryl methyl sites for hydroxylation is 2. The van der Waals surface area contributed by atoms with Gasteiger partial charge in [-0.1, -0.05) is 31.2 Å². The number of amides is 1. The zero-order valence-electron chi connectivity index (χ0n) is 19.0. The van der Waals surface area contributed by atoms with Gasteiger partial charge in [-0.2, -0.15) is 0 Å². The van der Waals surface area contributed by atoms with E-state index in [1.807, 2.05) is 18.0 Å². The monoisotopic (exact) mass is 461 g/mol. The summed E-state index contributed by atoms with van der Waals surface area (Å²) in [4.78, 5) is 24.5. The van der Waals surface area contributed by atoms with Crippen molar-refractivity contribution in [3.63, 3.8) is 0 Å². The van der Waals surface area contributed by atoms with Gasteiger partial charge in [0, 0.05) is 30.2 Å². The average molecular weight is 462 g/mol. The molecule has 0 aliphatic heterocycles. The molecule has 1 aliphatic carbocycles. The highest BCUT2D eigenvalue weighted by Crippen LogP contribution is 2.34. The van der Waals surface area contributed by atoms with Crippen molar-refractivity contribution in [1.29, 1.82) is 0 Å². The predicted molar refractivity (Wildman–Crippen MR) is 132 cm³/mol. The van der Waals surface area contributed by atoms with Gasteiger partial charge in [-0.25, -0.2) is 9.37 Å². The van der Waals surface area contributed by atoms with Crippen LogP contribution < -0.4 is 0 Å². The second-order valence-electron chi connectivity index (χ2n) is 8.91. The minimum atomic E-state index is -0.244. The number of carbonyl (C=O) groups excluding carboxylic acids is 1. The number of nitrogens with zero attached hydrogens (tertiary/aromatic N) is 2. The molecular formula is C27H28FN3OS. The molecule has 170 valence electrons. The van der Waals surface area contributed by atoms with E-state index in [2.05, 4.69) is 41.2 Å². The standard InChI is InChI=1S/C27H28FN3OS/c1-3-18-6-8-20(9-7-18)26-25(30-17(2)33-26)27(32)31(16-19-4-5-19)13-12-21-15-29-24-11-10-22(28)14-23(21)24/h6-11,14-15,19,29H,3-5,12-13,16H2,1-2H3. The average Bonchev–Trinajstić information content (AvgIpc) is 3.43. The third-order valence-electron chi connectivity index (χ3n) is 6.40. The molecular weight excluding hydrogens is 433 g/mol. The van der Waals surface area contributed by atoms with Crippen molar-refractivity contribution in [2.75, 3.05) is 13.1 Å². The number of halogens is 1. The number of rotatable bonds is 8. The molecule has 0 atom stereocenters. The maximum atomic E-state index is 13.8. The zero-order valence-corrected chi connectivity index (χ0v) is 19.8. The van der Waals surface area contributed by atoms with Crippen LogP contribution in [0.15, 0.2) is 48.7 Å². The van der Waals surface area contributed by atoms with Crippen molar-refractivity contribution < 1.29 is 9.18 Å². The Morgan fingerprint density at radius 3 is 2.73 bits per heavy atom. The Balaban J connectivity index is 1.41. The van der Waals surface area contributed by atoms with Gasteiger partial charge < -0.3 is 9.88 Å². The number of carbonyl (C=O) groups is 1. The summed E-state index contributed by atoms with van der Waals surface area (Å²) in [5.41, 5.74) is 4.81. The smallest absolute Gasteiger partial charge is 0.274 e. The van der Waals surface area contributed by atoms with E-state index >= 15 is 0 Å². The Hall–Kier alpha value is -2.99. The number of nitrogens with one attached hydrogen (secondary N) is 1. The quantitative estimate of drug-likeness (QED) is 0.330. The van der Waals surface area contributed by atoms with Crippen LogP contribution in [-0.4, -0.2) is 33.9 Å². The highest BCUT2D eigenvalue weighted by atomic mass is 32.1. The highest BCUT2D eigenvalue weighted by Gasteiger charge is 2.30. The summed E-state index contributed by atoms with van der Waals surface area (Å²) in [6, 6.07) is 13.2. The van der Waals surface area contributed by atoms with Crippen LogP contribution in [0.4, 0.5) is 4.39 Å². The van der Waals surface area contributed by atoms with E-state index in [1.54, 1.807) is 23.5 Å². The molecule has 0 bridgehead atoms. The molecule has 0 spiro atoms. The molecule has 5 rings (SSSR count). The first-order valence-corrected chi connectivity index (χ1v) is 12.4. The molecule has 2 aromatic carbocycles. The lowest BCUT2D eigenvalue weighted by Crippen LogP contribution is -2.35. The Labute approximate surface area is 197 Å². The van der Waals surface area contributed by atoms with E-state index < -0.39 is 0 Å². The number of aromatic nitrogens is 2. The van der Waals surface area contributed by atoms with Crippen molar-refractivity contribution >= 4 is 28.1 Å². The molecule has 1 N–H and O–H groups in total. The van der Waals surface area contributed by atoms with Crippen LogP contribution in [0.5, 0.6) is 0 Å². The molecule has 1 saturated carbocycles. The molecule has 1 amide bonds. The minimum Gasteiger partial charge on any atom is -0.361 e. The number of thiazole rings is 1. The molecule has 33 heavy (non-hydrogen) atoms. The lowest BCUT2D eigenvalue weighted by Gasteiger charge is -2.22. The zero-order chi connectivity index (χ0) is 22.9. The van der Waals surface area contributed by atoms with Crippen molar-refractivity contribution in [3.8, 4) is 10.4 Å². The number of benzene rings is 2. The van der Waals surface area contributed by atoms with Crippen LogP contribution in [0.1, 0.15) is 46.4 Å². The van der Waals surface area contributed by atoms with E-state index in [0.717, 1.165) is 44.9 Å². The molecule has 2 heterocycles. The lowest BCUT2D eigenvalue weighted by molar-refractivity contribution is 0.0745. The normalized spacial score (nSPS) is 13.5. The fourth-order valence-corrected chi connectivity index (χ4v) is 5.23. The van der Waals surface area contributed by atoms with E-state index in [1.165, 1.54) is 24.5 Å². The second-order valence-corrected chi connectivity index (χ2v) is 10.1. The molecule has 1 fully saturated rings. The molecule has 0 saturated heterocycles. The van der Waals surface area contributed by atoms with Crippen molar-refractivity contribution in [2.24, 2.45) is 5.92 Å². The Kier molecular flexibility index (Phi) is 6.02. The van der Waals surface area contributed by atoms with Gasteiger partial charge in [0.25, 0.3) is 5.91 Å². The SMILES string of the molecule is CCc1ccc(-c2sc(C)nc2C(=O)N(CCc2c[nH]c3ccc(F)cc23)CC2CC2)cc1. The number of H-pyrrole nitrogens is 1. The number of fused-ring (bicyclic) bond motifs is 1. The number of aromatic amines is 1. The Morgan fingerprint density at radius 1 is 1.21 bits per heavy atom. The largest absolute Gasteiger partial charge is 0.361 e. The first-order valence-electron chi connectivity index (χ1n) is 11.6. The van der Waals surface area contributed by atoms with Crippen LogP contribution in [0.2, 0.25) is 0 Å². The molecule has 1 aliphatic rings. The molecule has 6 heteroatoms. The van der Waals surface area contributed by atoms with Gasteiger partial charge in [0.1, 0.15) is 11.5 Å². The summed E-state index contributed by atoms with van der Waals surface area (Å²) in [7, 11) is 0. The van der Waals surface area contributed by atoms with Crippen molar-refractivity contribution in [3.05, 3.63) is 76.3 Å². The number of hydrogen-bond donors (Lipinski definition) is 1. The topological polar surface area (TPSA) is 49.0 Å². The third-order valence-corrected chi connectivity index (χ3v) is 7.42. The van der Waals surface area contributed by atoms with Crippen molar-refractivity contribution in [2.45, 2.75) is 39.5 Å². The fourth-order valence-electron chi connectivity index (χ4n) is 4.31. The fraction of sp³-hybridized carbons (Fsp3) is 0.333. The van der Waals surface area contributed by atoms with Crippen LogP contribution in [0, 0.1) is 18.7 Å². The van der Waals surface area contributed by atoms with E-state index in [-0.39, 0.29) is 11.7 Å². The maximum absolute atomic E-state index is 13.8. The summed E-state index contributed by atoms with van der Waals surface area (Å²) in [5, 5.41) is 1.78. The molecule has 0 unspecified atom stereocenters. The summed E-state index contributed by atoms with van der Waals surface area (Å²) < 4.78 is 13.8. The Bertz CT molecular complexity index is 1290. The second kappa shape index (κ2) is 9.10. The van der Waals surface area contributed by atoms with Gasteiger partial charge in [-0.15, -0.1) is 11.3 Å². The maximum Gasteiger partial charge on any atom is 0.274 e. The molecule has 2 aromatic heterocycles. The summed E-state index contributed by atoms with van der Waals surface area (Å²) in [6.07, 6.45) is 5.93. The van der Waals surface area contributed by atoms with Gasteiger partial charge in [0.15, 0.2) is 0 Å². The van der Waals surface area contributed by atoms with Crippen LogP contribution in [0.25, 0.3) is 21.3 Å². The van der Waals surface area contributed by atoms with Gasteiger partial charge >= 0.3 is 0 Å². The van der Waals surface area contributed by atoms with Crippen LogP contribution >= 0.6 is 11.3 Å². The molecule has 4 nitrogen and oxygen atoms in total. The van der Waals surface area contributed by atoms with E-state index in [0.29, 0.717) is 24.6 Å². The first kappa shape index (κ1) is 21.8. The minimum absolute atomic E-state index is 0.00756. The summed E-state index contributed by atoms with van der Waals surface area (Å²) in [6.45, 7) is 5.43. The van der Waals surface area contributed by atoms with Gasteiger partial charge in [0.2, 0.25) is 0 Å². The van der Waals surface area contributed by atoms with Gasteiger partial charge in [0.05, 0.1) is 9.88 Å². The molecule has 0 radical (unpaired) electrons. The van der Waals surface area contributed by atoms with Crippen molar-refractivity contribution in [1.82, 2.24) is 14.9 Å². The van der Waals surface area contributed by atoms with Crippen LogP contribution in [-0.2, 0) is 12.8 Å². The van der Waals surface area contributed by atoms with Crippen LogP contribution in [0.3, 0.4) is 0 Å². The van der Waals surface area contributed by atoms with Gasteiger partial charge in [-0.3, -0.25) is 4.79 Å².